The van der Waals surface area contributed by atoms with Gasteiger partial charge in [-0.05, 0) is 18.4 Å². The molecule has 2 N–H and O–H groups in total. The fourth-order valence-corrected chi connectivity index (χ4v) is 2.89. The van der Waals surface area contributed by atoms with Crippen molar-refractivity contribution in [2.24, 2.45) is 5.73 Å². The zero-order valence-corrected chi connectivity index (χ0v) is 12.0. The molecule has 1 fully saturated rings. The van der Waals surface area contributed by atoms with Crippen LogP contribution in [-0.2, 0) is 0 Å². The molecule has 1 unspecified atom stereocenters. The van der Waals surface area contributed by atoms with Crippen LogP contribution < -0.4 is 5.73 Å². The molecule has 2 rings (SSSR count). The Morgan fingerprint density at radius 3 is 2.61 bits per heavy atom. The van der Waals surface area contributed by atoms with E-state index in [0.717, 1.165) is 31.1 Å². The van der Waals surface area contributed by atoms with Gasteiger partial charge >= 0.3 is 0 Å². The molecule has 98 valence electrons. The molecule has 0 aliphatic carbocycles. The minimum atomic E-state index is 0.110. The van der Waals surface area contributed by atoms with Crippen LogP contribution in [0, 0.1) is 0 Å². The van der Waals surface area contributed by atoms with Gasteiger partial charge in [0.1, 0.15) is 0 Å². The molecule has 0 bridgehead atoms. The molecule has 0 aromatic carbocycles. The molecular weight excluding hydrogens is 266 g/mol. The van der Waals surface area contributed by atoms with E-state index in [1.54, 1.807) is 0 Å². The SMILES string of the molecule is CC(C(N)=S)N1CCN(C(=O)c2cccs2)CC1. The molecule has 1 aliphatic rings. The number of nitrogens with zero attached hydrogens (tertiary/aromatic N) is 2. The van der Waals surface area contributed by atoms with Gasteiger partial charge < -0.3 is 10.6 Å². The highest BCUT2D eigenvalue weighted by Crippen LogP contribution is 2.14. The summed E-state index contributed by atoms with van der Waals surface area (Å²) < 4.78 is 0. The van der Waals surface area contributed by atoms with Crippen LogP contribution in [0.3, 0.4) is 0 Å². The molecule has 4 nitrogen and oxygen atoms in total. The third-order valence-corrected chi connectivity index (χ3v) is 4.49. The number of hydrogen-bond donors (Lipinski definition) is 1. The number of thiophene rings is 1. The Balaban J connectivity index is 1.91. The summed E-state index contributed by atoms with van der Waals surface area (Å²) in [6.45, 7) is 5.15. The maximum absolute atomic E-state index is 12.1. The van der Waals surface area contributed by atoms with Crippen molar-refractivity contribution in [2.75, 3.05) is 26.2 Å². The monoisotopic (exact) mass is 283 g/mol. The normalized spacial score (nSPS) is 18.6. The molecule has 0 saturated carbocycles. The Bertz CT molecular complexity index is 425. The molecule has 1 aromatic rings. The third kappa shape index (κ3) is 2.88. The fraction of sp³-hybridized carbons (Fsp3) is 0.500. The first-order valence-electron chi connectivity index (χ1n) is 5.95. The van der Waals surface area contributed by atoms with E-state index in [1.807, 2.05) is 29.3 Å². The molecule has 18 heavy (non-hydrogen) atoms. The molecule has 0 spiro atoms. The zero-order valence-electron chi connectivity index (χ0n) is 10.3. The first-order chi connectivity index (χ1) is 8.59. The fourth-order valence-electron chi connectivity index (χ4n) is 2.05. The van der Waals surface area contributed by atoms with E-state index in [0.29, 0.717) is 4.99 Å². The van der Waals surface area contributed by atoms with Crippen molar-refractivity contribution in [1.82, 2.24) is 9.80 Å². The van der Waals surface area contributed by atoms with Gasteiger partial charge in [-0.2, -0.15) is 0 Å². The highest BCUT2D eigenvalue weighted by molar-refractivity contribution is 7.80. The lowest BCUT2D eigenvalue weighted by Crippen LogP contribution is -2.53. The van der Waals surface area contributed by atoms with Gasteiger partial charge in [-0.3, -0.25) is 9.69 Å². The minimum absolute atomic E-state index is 0.110. The maximum Gasteiger partial charge on any atom is 0.264 e. The van der Waals surface area contributed by atoms with Gasteiger partial charge in [-0.25, -0.2) is 0 Å². The lowest BCUT2D eigenvalue weighted by Gasteiger charge is -2.37. The lowest BCUT2D eigenvalue weighted by atomic mass is 10.2. The second-order valence-corrected chi connectivity index (χ2v) is 5.80. The largest absolute Gasteiger partial charge is 0.392 e. The summed E-state index contributed by atoms with van der Waals surface area (Å²) >= 11 is 6.49. The summed E-state index contributed by atoms with van der Waals surface area (Å²) in [7, 11) is 0. The van der Waals surface area contributed by atoms with Gasteiger partial charge in [0.25, 0.3) is 5.91 Å². The summed E-state index contributed by atoms with van der Waals surface area (Å²) in [5.41, 5.74) is 5.65. The first kappa shape index (κ1) is 13.5. The van der Waals surface area contributed by atoms with E-state index in [-0.39, 0.29) is 11.9 Å². The topological polar surface area (TPSA) is 49.6 Å². The van der Waals surface area contributed by atoms with E-state index in [1.165, 1.54) is 11.3 Å². The predicted octanol–water partition coefficient (Wildman–Crippen LogP) is 1.18. The molecule has 1 aromatic heterocycles. The van der Waals surface area contributed by atoms with Crippen molar-refractivity contribution in [2.45, 2.75) is 13.0 Å². The van der Waals surface area contributed by atoms with Crippen molar-refractivity contribution < 1.29 is 4.79 Å². The molecular formula is C12H17N3OS2. The van der Waals surface area contributed by atoms with E-state index in [2.05, 4.69) is 4.90 Å². The summed E-state index contributed by atoms with van der Waals surface area (Å²) in [5.74, 6) is 0.132. The standard InChI is InChI=1S/C12H17N3OS2/c1-9(11(13)17)14-4-6-15(7-5-14)12(16)10-3-2-8-18-10/h2-3,8-9H,4-7H2,1H3,(H2,13,17). The average Bonchev–Trinajstić information content (AvgIpc) is 2.91. The van der Waals surface area contributed by atoms with Crippen LogP contribution in [0.4, 0.5) is 0 Å². The van der Waals surface area contributed by atoms with Crippen LogP contribution >= 0.6 is 23.6 Å². The Kier molecular flexibility index (Phi) is 4.31. The van der Waals surface area contributed by atoms with Gasteiger partial charge in [-0.15, -0.1) is 11.3 Å². The number of carbonyl (C=O) groups excluding carboxylic acids is 1. The Hall–Kier alpha value is -0.980. The van der Waals surface area contributed by atoms with Gasteiger partial charge in [-0.1, -0.05) is 18.3 Å². The van der Waals surface area contributed by atoms with Gasteiger partial charge in [0.15, 0.2) is 0 Å². The number of hydrogen-bond acceptors (Lipinski definition) is 4. The number of amides is 1. The minimum Gasteiger partial charge on any atom is -0.392 e. The van der Waals surface area contributed by atoms with Gasteiger partial charge in [0, 0.05) is 26.2 Å². The van der Waals surface area contributed by atoms with Crippen molar-refractivity contribution in [3.63, 3.8) is 0 Å². The van der Waals surface area contributed by atoms with Crippen LogP contribution in [0.5, 0.6) is 0 Å². The maximum atomic E-state index is 12.1. The number of piperazine rings is 1. The van der Waals surface area contributed by atoms with Crippen molar-refractivity contribution in [1.29, 1.82) is 0 Å². The van der Waals surface area contributed by atoms with Crippen LogP contribution in [0.15, 0.2) is 17.5 Å². The van der Waals surface area contributed by atoms with Crippen molar-refractivity contribution in [3.8, 4) is 0 Å². The Labute approximate surface area is 116 Å². The molecule has 1 atom stereocenters. The molecule has 2 heterocycles. The highest BCUT2D eigenvalue weighted by Gasteiger charge is 2.25. The van der Waals surface area contributed by atoms with Gasteiger partial charge in [0.2, 0.25) is 0 Å². The molecule has 1 saturated heterocycles. The highest BCUT2D eigenvalue weighted by atomic mass is 32.1. The Morgan fingerprint density at radius 1 is 1.44 bits per heavy atom. The third-order valence-electron chi connectivity index (χ3n) is 3.29. The van der Waals surface area contributed by atoms with Gasteiger partial charge in [0.05, 0.1) is 15.9 Å². The number of carbonyl (C=O) groups is 1. The second kappa shape index (κ2) is 5.77. The number of rotatable bonds is 3. The number of thiocarbonyl (C=S) groups is 1. The second-order valence-electron chi connectivity index (χ2n) is 4.38. The van der Waals surface area contributed by atoms with Crippen LogP contribution in [0.1, 0.15) is 16.6 Å². The van der Waals surface area contributed by atoms with Crippen molar-refractivity contribution >= 4 is 34.5 Å². The van der Waals surface area contributed by atoms with E-state index < -0.39 is 0 Å². The van der Waals surface area contributed by atoms with Crippen LogP contribution in [0.25, 0.3) is 0 Å². The van der Waals surface area contributed by atoms with E-state index in [9.17, 15) is 4.79 Å². The summed E-state index contributed by atoms with van der Waals surface area (Å²) in [4.78, 5) is 17.6. The van der Waals surface area contributed by atoms with Crippen LogP contribution in [-0.4, -0.2) is 52.9 Å². The molecule has 1 amide bonds. The summed E-state index contributed by atoms with van der Waals surface area (Å²) in [5, 5.41) is 1.93. The quantitative estimate of drug-likeness (QED) is 0.846. The molecule has 6 heteroatoms. The summed E-state index contributed by atoms with van der Waals surface area (Å²) in [6.07, 6.45) is 0. The summed E-state index contributed by atoms with van der Waals surface area (Å²) in [6, 6.07) is 3.89. The smallest absolute Gasteiger partial charge is 0.264 e. The molecule has 0 radical (unpaired) electrons. The van der Waals surface area contributed by atoms with E-state index >= 15 is 0 Å². The zero-order chi connectivity index (χ0) is 13.1. The Morgan fingerprint density at radius 2 is 2.11 bits per heavy atom. The lowest BCUT2D eigenvalue weighted by molar-refractivity contribution is 0.0626. The van der Waals surface area contributed by atoms with Crippen molar-refractivity contribution in [3.05, 3.63) is 22.4 Å². The van der Waals surface area contributed by atoms with E-state index in [4.69, 9.17) is 18.0 Å². The number of nitrogens with two attached hydrogens (primary N) is 1. The predicted molar refractivity (Wildman–Crippen MR) is 78.0 cm³/mol. The van der Waals surface area contributed by atoms with Crippen LogP contribution in [0.2, 0.25) is 0 Å². The average molecular weight is 283 g/mol. The molecule has 1 aliphatic heterocycles. The first-order valence-corrected chi connectivity index (χ1v) is 7.24.